The van der Waals surface area contributed by atoms with E-state index in [4.69, 9.17) is 9.15 Å². The fourth-order valence-electron chi connectivity index (χ4n) is 1.61. The molecule has 84 valence electrons. The maximum absolute atomic E-state index is 13.6. The summed E-state index contributed by atoms with van der Waals surface area (Å²) in [5.41, 5.74) is 1.54. The topological polar surface area (TPSA) is 22.4 Å². The number of rotatable bonds is 2. The van der Waals surface area contributed by atoms with Gasteiger partial charge in [-0.05, 0) is 32.4 Å². The first-order valence-electron chi connectivity index (χ1n) is 5.01. The number of halogens is 1. The van der Waals surface area contributed by atoms with Crippen molar-refractivity contribution in [2.24, 2.45) is 0 Å². The van der Waals surface area contributed by atoms with Crippen LogP contribution in [0.5, 0.6) is 5.75 Å². The molecule has 0 atom stereocenters. The van der Waals surface area contributed by atoms with Gasteiger partial charge in [-0.1, -0.05) is 6.58 Å². The molecule has 0 radical (unpaired) electrons. The summed E-state index contributed by atoms with van der Waals surface area (Å²) < 4.78 is 24.2. The SMILES string of the molecule is C=C(C)Oc1cc2c(C)c(C)oc2cc1F. The van der Waals surface area contributed by atoms with E-state index in [0.29, 0.717) is 11.3 Å². The molecular formula is C13H13FO2. The van der Waals surface area contributed by atoms with Gasteiger partial charge in [-0.2, -0.15) is 0 Å². The van der Waals surface area contributed by atoms with Gasteiger partial charge in [-0.25, -0.2) is 4.39 Å². The first-order valence-corrected chi connectivity index (χ1v) is 5.01. The highest BCUT2D eigenvalue weighted by Gasteiger charge is 2.12. The second-order valence-electron chi connectivity index (χ2n) is 3.87. The van der Waals surface area contributed by atoms with E-state index in [-0.39, 0.29) is 5.75 Å². The molecule has 0 amide bonds. The number of benzene rings is 1. The molecule has 2 rings (SSSR count). The third-order valence-electron chi connectivity index (χ3n) is 2.51. The largest absolute Gasteiger partial charge is 0.461 e. The van der Waals surface area contributed by atoms with Crippen LogP contribution in [0.1, 0.15) is 18.2 Å². The van der Waals surface area contributed by atoms with E-state index in [2.05, 4.69) is 6.58 Å². The van der Waals surface area contributed by atoms with Crippen LogP contribution in [-0.4, -0.2) is 0 Å². The molecule has 0 saturated heterocycles. The van der Waals surface area contributed by atoms with Crippen molar-refractivity contribution in [3.63, 3.8) is 0 Å². The van der Waals surface area contributed by atoms with Gasteiger partial charge in [0.1, 0.15) is 11.3 Å². The maximum Gasteiger partial charge on any atom is 0.169 e. The lowest BCUT2D eigenvalue weighted by molar-refractivity contribution is 0.401. The van der Waals surface area contributed by atoms with Crippen LogP contribution in [0.15, 0.2) is 28.9 Å². The molecule has 3 heteroatoms. The van der Waals surface area contributed by atoms with Gasteiger partial charge in [-0.15, -0.1) is 0 Å². The lowest BCUT2D eigenvalue weighted by Crippen LogP contribution is -1.91. The van der Waals surface area contributed by atoms with Crippen molar-refractivity contribution in [2.75, 3.05) is 0 Å². The van der Waals surface area contributed by atoms with Gasteiger partial charge in [0.2, 0.25) is 0 Å². The van der Waals surface area contributed by atoms with Crippen molar-refractivity contribution >= 4 is 11.0 Å². The van der Waals surface area contributed by atoms with E-state index in [1.807, 2.05) is 13.8 Å². The Morgan fingerprint density at radius 2 is 2.06 bits per heavy atom. The molecule has 16 heavy (non-hydrogen) atoms. The molecule has 2 aromatic rings. The Hall–Kier alpha value is -1.77. The summed E-state index contributed by atoms with van der Waals surface area (Å²) in [5.74, 6) is 0.992. The molecule has 1 aromatic heterocycles. The zero-order valence-electron chi connectivity index (χ0n) is 9.56. The third kappa shape index (κ3) is 1.69. The van der Waals surface area contributed by atoms with E-state index >= 15 is 0 Å². The van der Waals surface area contributed by atoms with Crippen LogP contribution in [0.4, 0.5) is 4.39 Å². The van der Waals surface area contributed by atoms with E-state index < -0.39 is 5.82 Å². The van der Waals surface area contributed by atoms with Crippen LogP contribution < -0.4 is 4.74 Å². The summed E-state index contributed by atoms with van der Waals surface area (Å²) in [6.07, 6.45) is 0. The molecule has 2 nitrogen and oxygen atoms in total. The predicted octanol–water partition coefficient (Wildman–Crippen LogP) is 4.10. The Labute approximate surface area is 93.3 Å². The molecule has 0 fully saturated rings. The lowest BCUT2D eigenvalue weighted by atomic mass is 10.1. The molecule has 0 N–H and O–H groups in total. The lowest BCUT2D eigenvalue weighted by Gasteiger charge is -2.05. The number of hydrogen-bond acceptors (Lipinski definition) is 2. The predicted molar refractivity (Wildman–Crippen MR) is 61.1 cm³/mol. The number of hydrogen-bond donors (Lipinski definition) is 0. The molecule has 0 aliphatic heterocycles. The Morgan fingerprint density at radius 3 is 2.69 bits per heavy atom. The molecule has 0 aliphatic carbocycles. The Kier molecular flexibility index (Phi) is 2.46. The fraction of sp³-hybridized carbons (Fsp3) is 0.231. The number of furan rings is 1. The molecular weight excluding hydrogens is 207 g/mol. The number of allylic oxidation sites excluding steroid dienone is 1. The molecule has 0 aliphatic rings. The standard InChI is InChI=1S/C13H13FO2/c1-7(2)15-13-5-10-8(3)9(4)16-12(10)6-11(13)14/h5-6H,1H2,2-4H3. The minimum absolute atomic E-state index is 0.184. The van der Waals surface area contributed by atoms with Crippen LogP contribution in [0.3, 0.4) is 0 Å². The van der Waals surface area contributed by atoms with Crippen LogP contribution >= 0.6 is 0 Å². The van der Waals surface area contributed by atoms with Gasteiger partial charge < -0.3 is 9.15 Å². The first kappa shape index (κ1) is 10.7. The van der Waals surface area contributed by atoms with Gasteiger partial charge in [0.05, 0.1) is 5.76 Å². The number of fused-ring (bicyclic) bond motifs is 1. The summed E-state index contributed by atoms with van der Waals surface area (Å²) in [6.45, 7) is 9.05. The van der Waals surface area contributed by atoms with Gasteiger partial charge in [0, 0.05) is 11.5 Å². The summed E-state index contributed by atoms with van der Waals surface area (Å²) in [7, 11) is 0. The van der Waals surface area contributed by atoms with Crippen molar-refractivity contribution in [3.05, 3.63) is 41.6 Å². The van der Waals surface area contributed by atoms with Crippen molar-refractivity contribution in [2.45, 2.75) is 20.8 Å². The van der Waals surface area contributed by atoms with Crippen molar-refractivity contribution in [3.8, 4) is 5.75 Å². The Morgan fingerprint density at radius 1 is 1.38 bits per heavy atom. The van der Waals surface area contributed by atoms with Crippen LogP contribution in [-0.2, 0) is 0 Å². The zero-order chi connectivity index (χ0) is 11.9. The Balaban J connectivity index is 2.64. The molecule has 0 spiro atoms. The molecule has 0 saturated carbocycles. The highest BCUT2D eigenvalue weighted by Crippen LogP contribution is 2.31. The van der Waals surface area contributed by atoms with Gasteiger partial charge in [-0.3, -0.25) is 0 Å². The third-order valence-corrected chi connectivity index (χ3v) is 2.51. The second kappa shape index (κ2) is 3.67. The van der Waals surface area contributed by atoms with E-state index in [0.717, 1.165) is 16.7 Å². The summed E-state index contributed by atoms with van der Waals surface area (Å²) >= 11 is 0. The maximum atomic E-state index is 13.6. The van der Waals surface area contributed by atoms with Gasteiger partial charge >= 0.3 is 0 Å². The zero-order valence-corrected chi connectivity index (χ0v) is 9.56. The number of aryl methyl sites for hydroxylation is 2. The molecule has 1 heterocycles. The quantitative estimate of drug-likeness (QED) is 0.711. The molecule has 0 unspecified atom stereocenters. The van der Waals surface area contributed by atoms with Crippen LogP contribution in [0.2, 0.25) is 0 Å². The molecule has 0 bridgehead atoms. The first-order chi connectivity index (χ1) is 7.49. The smallest absolute Gasteiger partial charge is 0.169 e. The van der Waals surface area contributed by atoms with E-state index in [1.54, 1.807) is 13.0 Å². The summed E-state index contributed by atoms with van der Waals surface area (Å²) in [6, 6.07) is 2.98. The monoisotopic (exact) mass is 220 g/mol. The minimum Gasteiger partial charge on any atom is -0.461 e. The minimum atomic E-state index is -0.441. The van der Waals surface area contributed by atoms with Crippen LogP contribution in [0, 0.1) is 19.7 Å². The van der Waals surface area contributed by atoms with Crippen molar-refractivity contribution in [1.82, 2.24) is 0 Å². The van der Waals surface area contributed by atoms with Gasteiger partial charge in [0.25, 0.3) is 0 Å². The van der Waals surface area contributed by atoms with Crippen molar-refractivity contribution in [1.29, 1.82) is 0 Å². The van der Waals surface area contributed by atoms with E-state index in [9.17, 15) is 4.39 Å². The average molecular weight is 220 g/mol. The second-order valence-corrected chi connectivity index (χ2v) is 3.87. The Bertz CT molecular complexity index is 567. The summed E-state index contributed by atoms with van der Waals surface area (Å²) in [5, 5.41) is 0.871. The highest BCUT2D eigenvalue weighted by molar-refractivity contribution is 5.83. The van der Waals surface area contributed by atoms with Gasteiger partial charge in [0.15, 0.2) is 11.6 Å². The fourth-order valence-corrected chi connectivity index (χ4v) is 1.61. The molecule has 1 aromatic carbocycles. The van der Waals surface area contributed by atoms with E-state index in [1.165, 1.54) is 6.07 Å². The average Bonchev–Trinajstić information content (AvgIpc) is 2.44. The summed E-state index contributed by atoms with van der Waals surface area (Å²) in [4.78, 5) is 0. The number of ether oxygens (including phenoxy) is 1. The van der Waals surface area contributed by atoms with Crippen LogP contribution in [0.25, 0.3) is 11.0 Å². The highest BCUT2D eigenvalue weighted by atomic mass is 19.1. The normalized spacial score (nSPS) is 10.8. The van der Waals surface area contributed by atoms with Crippen molar-refractivity contribution < 1.29 is 13.5 Å².